The molecule has 1 aromatic heterocycles. The summed E-state index contributed by atoms with van der Waals surface area (Å²) in [5, 5.41) is 3.70. The summed E-state index contributed by atoms with van der Waals surface area (Å²) in [6.07, 6.45) is 1.78. The van der Waals surface area contributed by atoms with E-state index in [-0.39, 0.29) is 5.91 Å². The summed E-state index contributed by atoms with van der Waals surface area (Å²) in [6, 6.07) is 21.6. The average Bonchev–Trinajstić information content (AvgIpc) is 3.03. The second-order valence-electron chi connectivity index (χ2n) is 5.13. The molecule has 3 aromatic rings. The van der Waals surface area contributed by atoms with Gasteiger partial charge in [0.2, 0.25) is 0 Å². The number of hydrogen-bond donors (Lipinski definition) is 1. The molecule has 3 nitrogen and oxygen atoms in total. The quantitative estimate of drug-likeness (QED) is 0.631. The van der Waals surface area contributed by atoms with Crippen LogP contribution in [-0.4, -0.2) is 5.91 Å². The number of thioether (sulfide) groups is 1. The van der Waals surface area contributed by atoms with Gasteiger partial charge >= 0.3 is 0 Å². The fourth-order valence-corrected chi connectivity index (χ4v) is 4.03. The van der Waals surface area contributed by atoms with Gasteiger partial charge in [-0.15, -0.1) is 0 Å². The van der Waals surface area contributed by atoms with Gasteiger partial charge in [0.15, 0.2) is 5.09 Å². The number of fused-ring (bicyclic) bond motifs is 1. The number of rotatable bonds is 3. The van der Waals surface area contributed by atoms with Crippen molar-refractivity contribution >= 4 is 41.2 Å². The fourth-order valence-electron chi connectivity index (χ4n) is 2.30. The van der Waals surface area contributed by atoms with Crippen LogP contribution in [0.2, 0.25) is 0 Å². The van der Waals surface area contributed by atoms with E-state index in [2.05, 4.69) is 5.32 Å². The van der Waals surface area contributed by atoms with Crippen LogP contribution in [0.15, 0.2) is 90.9 Å². The zero-order chi connectivity index (χ0) is 16.4. The lowest BCUT2D eigenvalue weighted by Crippen LogP contribution is -2.16. The molecule has 1 amide bonds. The molecule has 0 atom stereocenters. The summed E-state index contributed by atoms with van der Waals surface area (Å²) in [5.41, 5.74) is 0.851. The van der Waals surface area contributed by atoms with E-state index in [9.17, 15) is 4.79 Å². The SMILES string of the molecule is O=C1Nc2ccccc2S/C1=C\c1ccc(Sc2ccccc2)o1. The van der Waals surface area contributed by atoms with Crippen LogP contribution in [0.1, 0.15) is 5.76 Å². The first-order valence-electron chi connectivity index (χ1n) is 7.40. The van der Waals surface area contributed by atoms with Gasteiger partial charge in [0.25, 0.3) is 5.91 Å². The van der Waals surface area contributed by atoms with Crippen molar-refractivity contribution < 1.29 is 9.21 Å². The van der Waals surface area contributed by atoms with Gasteiger partial charge in [0, 0.05) is 15.9 Å². The molecule has 4 rings (SSSR count). The maximum Gasteiger partial charge on any atom is 0.262 e. The summed E-state index contributed by atoms with van der Waals surface area (Å²) in [6.45, 7) is 0. The van der Waals surface area contributed by atoms with Crippen molar-refractivity contribution in [2.75, 3.05) is 5.32 Å². The Hall–Kier alpha value is -2.37. The van der Waals surface area contributed by atoms with Crippen molar-refractivity contribution in [1.82, 2.24) is 0 Å². The number of benzene rings is 2. The number of amides is 1. The number of anilines is 1. The molecule has 0 unspecified atom stereocenters. The first-order valence-corrected chi connectivity index (χ1v) is 9.04. The Morgan fingerprint density at radius 2 is 1.75 bits per heavy atom. The highest BCUT2D eigenvalue weighted by atomic mass is 32.2. The van der Waals surface area contributed by atoms with Gasteiger partial charge in [-0.25, -0.2) is 0 Å². The van der Waals surface area contributed by atoms with Crippen molar-refractivity contribution in [2.24, 2.45) is 0 Å². The Labute approximate surface area is 148 Å². The van der Waals surface area contributed by atoms with Gasteiger partial charge in [-0.3, -0.25) is 4.79 Å². The number of carbonyl (C=O) groups is 1. The van der Waals surface area contributed by atoms with E-state index in [0.29, 0.717) is 10.7 Å². The summed E-state index contributed by atoms with van der Waals surface area (Å²) in [5.74, 6) is 0.567. The van der Waals surface area contributed by atoms with E-state index < -0.39 is 0 Å². The first kappa shape index (κ1) is 15.2. The first-order chi connectivity index (χ1) is 11.8. The van der Waals surface area contributed by atoms with E-state index >= 15 is 0 Å². The highest BCUT2D eigenvalue weighted by molar-refractivity contribution is 8.04. The number of para-hydroxylation sites is 1. The predicted octanol–water partition coefficient (Wildman–Crippen LogP) is 5.52. The van der Waals surface area contributed by atoms with Crippen molar-refractivity contribution in [3.05, 3.63) is 77.4 Å². The molecule has 24 heavy (non-hydrogen) atoms. The number of carbonyl (C=O) groups excluding carboxylic acids is 1. The van der Waals surface area contributed by atoms with E-state index in [4.69, 9.17) is 4.42 Å². The molecule has 5 heteroatoms. The minimum atomic E-state index is -0.104. The Morgan fingerprint density at radius 3 is 2.62 bits per heavy atom. The summed E-state index contributed by atoms with van der Waals surface area (Å²) >= 11 is 3.01. The molecule has 0 radical (unpaired) electrons. The molecule has 0 saturated carbocycles. The zero-order valence-corrected chi connectivity index (χ0v) is 14.2. The van der Waals surface area contributed by atoms with E-state index in [1.165, 1.54) is 11.8 Å². The molecule has 1 aliphatic rings. The van der Waals surface area contributed by atoms with Crippen molar-refractivity contribution in [3.63, 3.8) is 0 Å². The molecular weight excluding hydrogens is 338 g/mol. The topological polar surface area (TPSA) is 42.2 Å². The summed E-state index contributed by atoms with van der Waals surface area (Å²) in [4.78, 5) is 15.0. The molecular formula is C19H13NO2S2. The van der Waals surface area contributed by atoms with Crippen LogP contribution in [0.25, 0.3) is 6.08 Å². The molecule has 0 fully saturated rings. The molecule has 1 aliphatic heterocycles. The van der Waals surface area contributed by atoms with Gasteiger partial charge in [-0.1, -0.05) is 53.9 Å². The zero-order valence-electron chi connectivity index (χ0n) is 12.6. The van der Waals surface area contributed by atoms with E-state index in [1.54, 1.807) is 17.8 Å². The van der Waals surface area contributed by atoms with E-state index in [1.807, 2.05) is 66.7 Å². The largest absolute Gasteiger partial charge is 0.450 e. The molecule has 0 saturated heterocycles. The standard InChI is InChI=1S/C19H13NO2S2/c21-19-17(24-16-9-5-4-8-15(16)20-19)12-13-10-11-18(22-13)23-14-6-2-1-3-7-14/h1-12H,(H,20,21)/b17-12-. The molecule has 0 spiro atoms. The number of nitrogens with one attached hydrogen (secondary N) is 1. The van der Waals surface area contributed by atoms with Crippen molar-refractivity contribution in [1.29, 1.82) is 0 Å². The third-order valence-corrected chi connectivity index (χ3v) is 5.44. The Kier molecular flexibility index (Phi) is 4.19. The van der Waals surface area contributed by atoms with Crippen LogP contribution in [-0.2, 0) is 4.79 Å². The average molecular weight is 351 g/mol. The maximum absolute atomic E-state index is 12.2. The summed E-state index contributed by atoms with van der Waals surface area (Å²) < 4.78 is 5.82. The van der Waals surface area contributed by atoms with E-state index in [0.717, 1.165) is 20.6 Å². The molecule has 118 valence electrons. The normalized spacial score (nSPS) is 15.2. The van der Waals surface area contributed by atoms with Gasteiger partial charge in [-0.2, -0.15) is 0 Å². The van der Waals surface area contributed by atoms with Crippen molar-refractivity contribution in [2.45, 2.75) is 14.9 Å². The fraction of sp³-hybridized carbons (Fsp3) is 0. The minimum Gasteiger partial charge on any atom is -0.450 e. The van der Waals surface area contributed by atoms with Gasteiger partial charge in [0.1, 0.15) is 5.76 Å². The Bertz CT molecular complexity index is 916. The van der Waals surface area contributed by atoms with Crippen LogP contribution in [0.5, 0.6) is 0 Å². The third kappa shape index (κ3) is 3.27. The van der Waals surface area contributed by atoms with Gasteiger partial charge in [0.05, 0.1) is 10.6 Å². The molecule has 2 heterocycles. The monoisotopic (exact) mass is 351 g/mol. The van der Waals surface area contributed by atoms with Crippen LogP contribution >= 0.6 is 23.5 Å². The lowest BCUT2D eigenvalue weighted by molar-refractivity contribution is -0.112. The molecule has 2 aromatic carbocycles. The van der Waals surface area contributed by atoms with Crippen LogP contribution in [0, 0.1) is 0 Å². The smallest absolute Gasteiger partial charge is 0.262 e. The lowest BCUT2D eigenvalue weighted by Gasteiger charge is -2.17. The third-order valence-electron chi connectivity index (χ3n) is 3.42. The van der Waals surface area contributed by atoms with Crippen molar-refractivity contribution in [3.8, 4) is 0 Å². The second kappa shape index (κ2) is 6.63. The summed E-state index contributed by atoms with van der Waals surface area (Å²) in [7, 11) is 0. The highest BCUT2D eigenvalue weighted by Gasteiger charge is 2.21. The van der Waals surface area contributed by atoms with Gasteiger partial charge in [-0.05, 0) is 36.4 Å². The molecule has 1 N–H and O–H groups in total. The highest BCUT2D eigenvalue weighted by Crippen LogP contribution is 2.39. The predicted molar refractivity (Wildman–Crippen MR) is 98.2 cm³/mol. The Balaban J connectivity index is 1.55. The van der Waals surface area contributed by atoms with Crippen LogP contribution < -0.4 is 5.32 Å². The second-order valence-corrected chi connectivity index (χ2v) is 7.29. The minimum absolute atomic E-state index is 0.104. The molecule has 0 aliphatic carbocycles. The Morgan fingerprint density at radius 1 is 0.958 bits per heavy atom. The maximum atomic E-state index is 12.2. The molecule has 0 bridgehead atoms. The van der Waals surface area contributed by atoms with Gasteiger partial charge < -0.3 is 9.73 Å². The lowest BCUT2D eigenvalue weighted by atomic mass is 10.3. The van der Waals surface area contributed by atoms with Crippen LogP contribution in [0.4, 0.5) is 5.69 Å². The number of furan rings is 1. The van der Waals surface area contributed by atoms with Crippen LogP contribution in [0.3, 0.4) is 0 Å². The number of hydrogen-bond acceptors (Lipinski definition) is 4.